The number of para-hydroxylation sites is 3. The topological polar surface area (TPSA) is 22.9 Å². The molecular weight excluding hydrogens is 966 g/mol. The summed E-state index contributed by atoms with van der Waals surface area (Å²) >= 11 is 1.92. The van der Waals surface area contributed by atoms with Gasteiger partial charge in [0.05, 0.1) is 16.9 Å². The minimum atomic E-state index is -0.157. The summed E-state index contributed by atoms with van der Waals surface area (Å²) in [5.74, 6) is 0. The van der Waals surface area contributed by atoms with Crippen molar-refractivity contribution >= 4 is 122 Å². The molecule has 0 radical (unpaired) electrons. The van der Waals surface area contributed by atoms with Gasteiger partial charge in [-0.2, -0.15) is 0 Å². The molecule has 10 aromatic rings. The predicted octanol–water partition coefficient (Wildman–Crippen LogP) is 18.5. The molecule has 78 heavy (non-hydrogen) atoms. The molecule has 3 aliphatic carbocycles. The zero-order valence-corrected chi connectivity index (χ0v) is 48.1. The molecule has 0 saturated heterocycles. The third kappa shape index (κ3) is 6.08. The highest BCUT2D eigenvalue weighted by atomic mass is 32.1. The van der Waals surface area contributed by atoms with Crippen molar-refractivity contribution < 1.29 is 4.42 Å². The van der Waals surface area contributed by atoms with E-state index in [2.05, 4.69) is 230 Å². The van der Waals surface area contributed by atoms with Gasteiger partial charge < -0.3 is 19.1 Å². The second kappa shape index (κ2) is 15.5. The lowest BCUT2D eigenvalue weighted by Gasteiger charge is -2.51. The molecule has 4 nitrogen and oxygen atoms in total. The van der Waals surface area contributed by atoms with Gasteiger partial charge in [-0.3, -0.25) is 0 Å². The van der Waals surface area contributed by atoms with Gasteiger partial charge in [-0.1, -0.05) is 160 Å². The Morgan fingerprint density at radius 3 is 1.85 bits per heavy atom. The Kier molecular flexibility index (Phi) is 9.41. The highest BCUT2D eigenvalue weighted by Crippen LogP contribution is 2.63. The summed E-state index contributed by atoms with van der Waals surface area (Å²) in [4.78, 5) is 8.28. The summed E-state index contributed by atoms with van der Waals surface area (Å²) in [6.07, 6.45) is 9.41. The zero-order chi connectivity index (χ0) is 53.2. The molecule has 2 atom stereocenters. The summed E-state index contributed by atoms with van der Waals surface area (Å²) in [5.41, 5.74) is 23.4. The Hall–Kier alpha value is -6.76. The fraction of sp³-hybridized carbons (Fsp3) is 0.333. The van der Waals surface area contributed by atoms with Gasteiger partial charge in [-0.05, 0) is 172 Å². The molecule has 5 heterocycles. The molecule has 0 bridgehead atoms. The van der Waals surface area contributed by atoms with Crippen molar-refractivity contribution in [3.63, 3.8) is 0 Å². The van der Waals surface area contributed by atoms with Gasteiger partial charge in [-0.15, -0.1) is 11.3 Å². The van der Waals surface area contributed by atoms with Gasteiger partial charge in [-0.25, -0.2) is 0 Å². The van der Waals surface area contributed by atoms with Crippen molar-refractivity contribution in [2.24, 2.45) is 0 Å². The summed E-state index contributed by atoms with van der Waals surface area (Å²) < 4.78 is 9.82. The van der Waals surface area contributed by atoms with E-state index in [0.717, 1.165) is 53.3 Å². The van der Waals surface area contributed by atoms with Gasteiger partial charge in [0.1, 0.15) is 5.58 Å². The first-order valence-corrected chi connectivity index (χ1v) is 30.1. The largest absolute Gasteiger partial charge is 0.454 e. The van der Waals surface area contributed by atoms with Crippen LogP contribution in [0.2, 0.25) is 0 Å². The highest BCUT2D eigenvalue weighted by molar-refractivity contribution is 7.26. The molecule has 8 aromatic carbocycles. The Bertz CT molecular complexity index is 4270. The lowest BCUT2D eigenvalue weighted by Crippen LogP contribution is -2.62. The van der Waals surface area contributed by atoms with Crippen molar-refractivity contribution in [3.8, 4) is 0 Å². The second-order valence-corrected chi connectivity index (χ2v) is 28.7. The number of anilines is 8. The Labute approximate surface area is 465 Å². The van der Waals surface area contributed by atoms with E-state index in [1.165, 1.54) is 130 Å². The summed E-state index contributed by atoms with van der Waals surface area (Å²) in [6.45, 7) is 25.1. The number of nitrogens with zero attached hydrogens (tertiary/aromatic N) is 3. The molecule has 6 heteroatoms. The van der Waals surface area contributed by atoms with Gasteiger partial charge >= 0.3 is 0 Å². The minimum absolute atomic E-state index is 0.00823. The molecule has 2 aromatic heterocycles. The fourth-order valence-corrected chi connectivity index (χ4v) is 17.8. The normalized spacial score (nSPS) is 22.7. The van der Waals surface area contributed by atoms with Crippen LogP contribution < -0.4 is 31.1 Å². The van der Waals surface area contributed by atoms with E-state index in [9.17, 15) is 0 Å². The molecule has 16 rings (SSSR count). The number of hydrogen-bond acceptors (Lipinski definition) is 5. The molecule has 1 saturated carbocycles. The molecule has 0 N–H and O–H groups in total. The van der Waals surface area contributed by atoms with Crippen LogP contribution in [-0.2, 0) is 27.1 Å². The van der Waals surface area contributed by atoms with Crippen LogP contribution in [0.5, 0.6) is 0 Å². The Balaban J connectivity index is 1.10. The third-order valence-electron chi connectivity index (χ3n) is 21.5. The van der Waals surface area contributed by atoms with Crippen molar-refractivity contribution in [1.82, 2.24) is 0 Å². The van der Waals surface area contributed by atoms with E-state index in [1.54, 1.807) is 0 Å². The van der Waals surface area contributed by atoms with E-state index in [1.807, 2.05) is 11.3 Å². The van der Waals surface area contributed by atoms with Gasteiger partial charge in [0.25, 0.3) is 6.71 Å². The number of thiophene rings is 1. The maximum Gasteiger partial charge on any atom is 0.252 e. The molecule has 1 fully saturated rings. The van der Waals surface area contributed by atoms with Crippen LogP contribution in [0.3, 0.4) is 0 Å². The first kappa shape index (κ1) is 47.3. The molecule has 0 spiro atoms. The smallest absolute Gasteiger partial charge is 0.252 e. The first-order chi connectivity index (χ1) is 37.4. The molecule has 388 valence electrons. The average Bonchev–Trinajstić information content (AvgIpc) is 2.76. The Morgan fingerprint density at radius 2 is 1.06 bits per heavy atom. The molecule has 2 unspecified atom stereocenters. The quantitative estimate of drug-likeness (QED) is 0.165. The second-order valence-electron chi connectivity index (χ2n) is 27.6. The van der Waals surface area contributed by atoms with Gasteiger partial charge in [0.15, 0.2) is 5.58 Å². The standard InChI is InChI=1S/C72H70BN3OS/c1-67(2)34-35-68(3,4)50-38-43(28-29-48(50)67)74-57-42-52-51(69(5,6)36-37-70(52,7)8)41-54(57)73-53-30-31-62-63(47-21-12-16-27-61(47)78-62)65(53)75(56-25-19-22-46-45-20-11-15-26-60(45)77-66(46)56)59-40-44(39-58(74)64(59)73)76-55-24-14-13-23-49(55)71(9)32-17-18-33-72(71,76)10/h11-16,19-31,38-42H,17-18,32-37H2,1-10H3. The third-order valence-corrected chi connectivity index (χ3v) is 22.7. The van der Waals surface area contributed by atoms with Crippen molar-refractivity contribution in [2.45, 2.75) is 153 Å². The summed E-state index contributed by atoms with van der Waals surface area (Å²) in [5, 5.41) is 4.91. The maximum absolute atomic E-state index is 7.20. The van der Waals surface area contributed by atoms with Crippen LogP contribution in [0.1, 0.15) is 148 Å². The molecule has 6 aliphatic rings. The predicted molar refractivity (Wildman–Crippen MR) is 334 cm³/mol. The number of rotatable bonds is 3. The van der Waals surface area contributed by atoms with E-state index >= 15 is 0 Å². The number of benzene rings is 8. The van der Waals surface area contributed by atoms with Crippen molar-refractivity contribution in [3.05, 3.63) is 173 Å². The lowest BCUT2D eigenvalue weighted by atomic mass is 9.33. The van der Waals surface area contributed by atoms with Crippen LogP contribution in [0.25, 0.3) is 42.1 Å². The van der Waals surface area contributed by atoms with Crippen LogP contribution in [0, 0.1) is 0 Å². The van der Waals surface area contributed by atoms with E-state index in [4.69, 9.17) is 4.42 Å². The SMILES string of the molecule is CC1(C)CCC(C)(C)c2cc(N3c4cc5c(cc4B4c6ccc7sc8ccccc8c7c6N(c6cccc7c6oc6ccccc67)c6cc(N7c8ccccc8C8(C)CCCCC78C)cc3c64)C(C)(C)CCC5(C)C)ccc21. The monoisotopic (exact) mass is 1040 g/mol. The Morgan fingerprint density at radius 1 is 0.436 bits per heavy atom. The number of hydrogen-bond donors (Lipinski definition) is 0. The number of fused-ring (bicyclic) bond motifs is 16. The lowest BCUT2D eigenvalue weighted by molar-refractivity contribution is 0.195. The minimum Gasteiger partial charge on any atom is -0.454 e. The molecule has 3 aliphatic heterocycles. The molecule has 0 amide bonds. The van der Waals surface area contributed by atoms with Crippen LogP contribution in [0.4, 0.5) is 45.5 Å². The van der Waals surface area contributed by atoms with Gasteiger partial charge in [0.2, 0.25) is 0 Å². The maximum atomic E-state index is 7.20. The zero-order valence-electron chi connectivity index (χ0n) is 47.2. The van der Waals surface area contributed by atoms with E-state index in [0.29, 0.717) is 0 Å². The van der Waals surface area contributed by atoms with Crippen LogP contribution in [0.15, 0.2) is 150 Å². The highest BCUT2D eigenvalue weighted by Gasteiger charge is 2.58. The van der Waals surface area contributed by atoms with Crippen molar-refractivity contribution in [1.29, 1.82) is 0 Å². The molecular formula is C72H70BN3OS. The summed E-state index contributed by atoms with van der Waals surface area (Å²) in [7, 11) is 0. The van der Waals surface area contributed by atoms with E-state index in [-0.39, 0.29) is 39.3 Å². The van der Waals surface area contributed by atoms with E-state index < -0.39 is 0 Å². The first-order valence-electron chi connectivity index (χ1n) is 29.3. The van der Waals surface area contributed by atoms with Crippen molar-refractivity contribution in [2.75, 3.05) is 14.7 Å². The van der Waals surface area contributed by atoms with Crippen LogP contribution >= 0.6 is 11.3 Å². The van der Waals surface area contributed by atoms with Gasteiger partial charge in [0, 0.05) is 70.5 Å². The number of furan rings is 1. The summed E-state index contributed by atoms with van der Waals surface area (Å²) in [6, 6.07) is 57.4. The average molecular weight is 1040 g/mol. The fourth-order valence-electron chi connectivity index (χ4n) is 16.7. The van der Waals surface area contributed by atoms with Crippen LogP contribution in [-0.4, -0.2) is 12.3 Å².